The highest BCUT2D eigenvalue weighted by atomic mass is 16.6. The van der Waals surface area contributed by atoms with E-state index in [-0.39, 0.29) is 28.8 Å². The molecule has 0 bridgehead atoms. The number of pyridine rings is 1. The third-order valence-corrected chi connectivity index (χ3v) is 4.99. The number of carbonyl (C=O) groups is 1. The molecule has 31 heavy (non-hydrogen) atoms. The van der Waals surface area contributed by atoms with E-state index >= 15 is 0 Å². The molecule has 0 spiro atoms. The lowest BCUT2D eigenvalue weighted by Gasteiger charge is -2.27. The van der Waals surface area contributed by atoms with Gasteiger partial charge in [0, 0.05) is 29.3 Å². The number of hydrogen-bond acceptors (Lipinski definition) is 7. The fourth-order valence-corrected chi connectivity index (χ4v) is 3.61. The van der Waals surface area contributed by atoms with Gasteiger partial charge >= 0.3 is 11.8 Å². The van der Waals surface area contributed by atoms with Crippen LogP contribution in [0.5, 0.6) is 5.88 Å². The predicted molar refractivity (Wildman–Crippen MR) is 117 cm³/mol. The summed E-state index contributed by atoms with van der Waals surface area (Å²) in [5.41, 5.74) is 2.49. The Balaban J connectivity index is 1.75. The molecule has 2 aromatic rings. The van der Waals surface area contributed by atoms with E-state index in [0.717, 1.165) is 30.4 Å². The lowest BCUT2D eigenvalue weighted by atomic mass is 9.83. The largest absolute Gasteiger partial charge is 0.481 e. The molecular formula is C22H28N4O5. The number of nitrogens with zero attached hydrogens (tertiary/aromatic N) is 2. The number of anilines is 2. The molecule has 1 unspecified atom stereocenters. The van der Waals surface area contributed by atoms with E-state index in [0.29, 0.717) is 12.3 Å². The average Bonchev–Trinajstić information content (AvgIpc) is 2.70. The number of nitro groups is 1. The number of alkyl carbamates (subject to hydrolysis) is 1. The maximum atomic E-state index is 12.0. The van der Waals surface area contributed by atoms with Crippen LogP contribution in [0.15, 0.2) is 30.3 Å². The fraction of sp³-hybridized carbons (Fsp3) is 0.455. The summed E-state index contributed by atoms with van der Waals surface area (Å²) >= 11 is 0. The Morgan fingerprint density at radius 1 is 1.29 bits per heavy atom. The number of nitrogens with one attached hydrogen (secondary N) is 2. The molecule has 1 amide bonds. The van der Waals surface area contributed by atoms with Crippen molar-refractivity contribution in [3.63, 3.8) is 0 Å². The van der Waals surface area contributed by atoms with Crippen LogP contribution >= 0.6 is 0 Å². The number of amides is 1. The maximum absolute atomic E-state index is 12.0. The number of aryl methyl sites for hydroxylation is 1. The third-order valence-electron chi connectivity index (χ3n) is 4.99. The zero-order valence-corrected chi connectivity index (χ0v) is 18.2. The van der Waals surface area contributed by atoms with E-state index in [1.807, 2.05) is 39.0 Å². The zero-order chi connectivity index (χ0) is 22.6. The highest BCUT2D eigenvalue weighted by Crippen LogP contribution is 2.35. The molecule has 166 valence electrons. The molecule has 0 saturated carbocycles. The Morgan fingerprint density at radius 2 is 2.06 bits per heavy atom. The Bertz CT molecular complexity index is 971. The summed E-state index contributed by atoms with van der Waals surface area (Å²) in [7, 11) is 1.46. The standard InChI is InChI=1S/C22H28N4O5/c1-22(2,3)25-21(27)31-13-15-7-5-6-14-12-16(8-9-17(14)15)23-20-18(26(28)29)10-11-19(24-20)30-4/h8-12,15H,5-7,13H2,1-4H3,(H,23,24)(H,25,27). The van der Waals surface area contributed by atoms with E-state index in [9.17, 15) is 14.9 Å². The minimum Gasteiger partial charge on any atom is -0.481 e. The van der Waals surface area contributed by atoms with Crippen molar-refractivity contribution in [1.29, 1.82) is 0 Å². The van der Waals surface area contributed by atoms with Gasteiger partial charge in [-0.15, -0.1) is 0 Å². The molecule has 9 nitrogen and oxygen atoms in total. The van der Waals surface area contributed by atoms with Crippen LogP contribution in [0.4, 0.5) is 22.0 Å². The van der Waals surface area contributed by atoms with E-state index < -0.39 is 11.0 Å². The van der Waals surface area contributed by atoms with Crippen LogP contribution in [0.2, 0.25) is 0 Å². The first-order valence-corrected chi connectivity index (χ1v) is 10.2. The van der Waals surface area contributed by atoms with Crippen molar-refractivity contribution in [2.24, 2.45) is 0 Å². The van der Waals surface area contributed by atoms with Crippen LogP contribution in [0, 0.1) is 10.1 Å². The highest BCUT2D eigenvalue weighted by Gasteiger charge is 2.24. The molecule has 1 heterocycles. The lowest BCUT2D eigenvalue weighted by molar-refractivity contribution is -0.384. The molecule has 1 aromatic heterocycles. The van der Waals surface area contributed by atoms with Gasteiger partial charge in [-0.25, -0.2) is 4.79 Å². The number of hydrogen-bond donors (Lipinski definition) is 2. The minimum atomic E-state index is -0.483. The van der Waals surface area contributed by atoms with Gasteiger partial charge in [0.05, 0.1) is 12.0 Å². The summed E-state index contributed by atoms with van der Waals surface area (Å²) in [6, 6.07) is 8.64. The molecule has 3 rings (SSSR count). The van der Waals surface area contributed by atoms with Crippen LogP contribution < -0.4 is 15.4 Å². The van der Waals surface area contributed by atoms with Gasteiger partial charge in [-0.2, -0.15) is 4.98 Å². The van der Waals surface area contributed by atoms with Gasteiger partial charge in [-0.05, 0) is 63.3 Å². The second-order valence-corrected chi connectivity index (χ2v) is 8.58. The van der Waals surface area contributed by atoms with E-state index in [2.05, 4.69) is 15.6 Å². The second kappa shape index (κ2) is 9.20. The van der Waals surface area contributed by atoms with E-state index in [1.54, 1.807) is 0 Å². The Labute approximate surface area is 181 Å². The summed E-state index contributed by atoms with van der Waals surface area (Å²) < 4.78 is 10.5. The van der Waals surface area contributed by atoms with Crippen LogP contribution in [0.1, 0.15) is 50.7 Å². The van der Waals surface area contributed by atoms with Crippen molar-refractivity contribution in [3.8, 4) is 5.88 Å². The SMILES string of the molecule is COc1ccc([N+](=O)[O-])c(Nc2ccc3c(c2)CCCC3COC(=O)NC(C)(C)C)n1. The first kappa shape index (κ1) is 22.3. The number of ether oxygens (including phenoxy) is 2. The van der Waals surface area contributed by atoms with E-state index in [1.165, 1.54) is 19.2 Å². The average molecular weight is 428 g/mol. The number of rotatable bonds is 6. The van der Waals surface area contributed by atoms with E-state index in [4.69, 9.17) is 9.47 Å². The molecule has 0 aliphatic heterocycles. The van der Waals surface area contributed by atoms with Crippen LogP contribution in [-0.2, 0) is 11.2 Å². The molecule has 1 aromatic carbocycles. The molecular weight excluding hydrogens is 400 g/mol. The smallest absolute Gasteiger partial charge is 0.407 e. The van der Waals surface area contributed by atoms with Crippen LogP contribution in [0.25, 0.3) is 0 Å². The molecule has 1 aliphatic carbocycles. The van der Waals surface area contributed by atoms with Crippen LogP contribution in [0.3, 0.4) is 0 Å². The normalized spacial score (nSPS) is 15.5. The third kappa shape index (κ3) is 5.84. The molecule has 0 saturated heterocycles. The maximum Gasteiger partial charge on any atom is 0.407 e. The fourth-order valence-electron chi connectivity index (χ4n) is 3.61. The van der Waals surface area contributed by atoms with Gasteiger partial charge in [0.2, 0.25) is 11.7 Å². The van der Waals surface area contributed by atoms with Crippen molar-refractivity contribution >= 4 is 23.3 Å². The topological polar surface area (TPSA) is 116 Å². The molecule has 9 heteroatoms. The predicted octanol–water partition coefficient (Wildman–Crippen LogP) is 4.69. The van der Waals surface area contributed by atoms with Gasteiger partial charge < -0.3 is 20.1 Å². The summed E-state index contributed by atoms with van der Waals surface area (Å²) in [4.78, 5) is 27.0. The van der Waals surface area contributed by atoms with Crippen molar-refractivity contribution in [3.05, 3.63) is 51.6 Å². The number of methoxy groups -OCH3 is 1. The monoisotopic (exact) mass is 428 g/mol. The first-order valence-electron chi connectivity index (χ1n) is 10.2. The Kier molecular flexibility index (Phi) is 6.62. The van der Waals surface area contributed by atoms with Gasteiger partial charge in [-0.1, -0.05) is 6.07 Å². The van der Waals surface area contributed by atoms with Gasteiger partial charge in [0.25, 0.3) is 0 Å². The molecule has 2 N–H and O–H groups in total. The van der Waals surface area contributed by atoms with Crippen molar-refractivity contribution < 1.29 is 19.2 Å². The molecule has 1 aliphatic rings. The summed E-state index contributed by atoms with van der Waals surface area (Å²) in [5, 5.41) is 17.2. The molecule has 0 fully saturated rings. The lowest BCUT2D eigenvalue weighted by Crippen LogP contribution is -2.41. The summed E-state index contributed by atoms with van der Waals surface area (Å²) in [6.07, 6.45) is 2.38. The number of fused-ring (bicyclic) bond motifs is 1. The van der Waals surface area contributed by atoms with Gasteiger partial charge in [0.15, 0.2) is 0 Å². The van der Waals surface area contributed by atoms with Crippen molar-refractivity contribution in [2.45, 2.75) is 51.5 Å². The number of benzene rings is 1. The second-order valence-electron chi connectivity index (χ2n) is 8.58. The highest BCUT2D eigenvalue weighted by molar-refractivity contribution is 5.68. The number of aromatic nitrogens is 1. The molecule has 0 radical (unpaired) electrons. The number of carbonyl (C=O) groups excluding carboxylic acids is 1. The first-order chi connectivity index (χ1) is 14.7. The van der Waals surface area contributed by atoms with Crippen molar-refractivity contribution in [2.75, 3.05) is 19.0 Å². The summed E-state index contributed by atoms with van der Waals surface area (Å²) in [5.74, 6) is 0.531. The summed E-state index contributed by atoms with van der Waals surface area (Å²) in [6.45, 7) is 6.02. The van der Waals surface area contributed by atoms with Crippen LogP contribution in [-0.4, -0.2) is 35.3 Å². The Hall–Kier alpha value is -3.36. The zero-order valence-electron chi connectivity index (χ0n) is 18.2. The quantitative estimate of drug-likeness (QED) is 0.507. The molecule has 1 atom stereocenters. The Morgan fingerprint density at radius 3 is 2.74 bits per heavy atom. The van der Waals surface area contributed by atoms with Crippen molar-refractivity contribution in [1.82, 2.24) is 10.3 Å². The minimum absolute atomic E-state index is 0.118. The van der Waals surface area contributed by atoms with Gasteiger partial charge in [0.1, 0.15) is 6.61 Å². The van der Waals surface area contributed by atoms with Gasteiger partial charge in [-0.3, -0.25) is 10.1 Å².